The second-order valence-corrected chi connectivity index (χ2v) is 5.86. The largest absolute Gasteiger partial charge is 0.485 e. The van der Waals surface area contributed by atoms with Crippen LogP contribution in [0.1, 0.15) is 29.8 Å². The van der Waals surface area contributed by atoms with Crippen LogP contribution in [0.5, 0.6) is 11.5 Å². The van der Waals surface area contributed by atoms with Crippen LogP contribution < -0.4 is 9.47 Å². The summed E-state index contributed by atoms with van der Waals surface area (Å²) in [5, 5.41) is 0. The second-order valence-electron chi connectivity index (χ2n) is 5.86. The number of hydrogen-bond donors (Lipinski definition) is 0. The summed E-state index contributed by atoms with van der Waals surface area (Å²) in [5.41, 5.74) is 1.66. The van der Waals surface area contributed by atoms with Crippen LogP contribution in [0.2, 0.25) is 0 Å². The van der Waals surface area contributed by atoms with E-state index in [1.807, 2.05) is 25.1 Å². The van der Waals surface area contributed by atoms with E-state index < -0.39 is 18.2 Å². The third-order valence-corrected chi connectivity index (χ3v) is 4.08. The molecule has 2 aromatic carbocycles. The van der Waals surface area contributed by atoms with Gasteiger partial charge in [-0.2, -0.15) is 0 Å². The minimum atomic E-state index is -0.888. The van der Waals surface area contributed by atoms with Crippen molar-refractivity contribution in [3.8, 4) is 11.5 Å². The monoisotopic (exact) mass is 340 g/mol. The molecule has 1 heterocycles. The summed E-state index contributed by atoms with van der Waals surface area (Å²) < 4.78 is 16.4. The fraction of sp³-hybridized carbons (Fsp3) is 0.300. The van der Waals surface area contributed by atoms with Gasteiger partial charge in [-0.1, -0.05) is 43.3 Å². The maximum Gasteiger partial charge on any atom is 0.351 e. The average Bonchev–Trinajstić information content (AvgIpc) is 2.67. The topological polar surface area (TPSA) is 61.8 Å². The van der Waals surface area contributed by atoms with E-state index in [0.29, 0.717) is 17.1 Å². The van der Waals surface area contributed by atoms with Gasteiger partial charge in [-0.15, -0.1) is 0 Å². The molecule has 0 aromatic heterocycles. The number of ketones is 1. The summed E-state index contributed by atoms with van der Waals surface area (Å²) in [7, 11) is 0. The fourth-order valence-corrected chi connectivity index (χ4v) is 2.58. The number of hydrogen-bond acceptors (Lipinski definition) is 5. The highest BCUT2D eigenvalue weighted by atomic mass is 16.6. The Kier molecular flexibility index (Phi) is 5.03. The van der Waals surface area contributed by atoms with Crippen molar-refractivity contribution in [3.05, 3.63) is 59.7 Å². The van der Waals surface area contributed by atoms with Gasteiger partial charge in [0.1, 0.15) is 6.61 Å². The van der Waals surface area contributed by atoms with Crippen LogP contribution in [0.3, 0.4) is 0 Å². The molecule has 130 valence electrons. The van der Waals surface area contributed by atoms with E-state index >= 15 is 0 Å². The molecule has 0 radical (unpaired) electrons. The summed E-state index contributed by atoms with van der Waals surface area (Å²) in [4.78, 5) is 24.7. The van der Waals surface area contributed by atoms with E-state index in [1.54, 1.807) is 37.3 Å². The quantitative estimate of drug-likeness (QED) is 0.618. The van der Waals surface area contributed by atoms with Crippen molar-refractivity contribution in [2.24, 2.45) is 0 Å². The van der Waals surface area contributed by atoms with Gasteiger partial charge in [-0.05, 0) is 31.0 Å². The molecule has 0 N–H and O–H groups in total. The molecule has 5 heteroatoms. The lowest BCUT2D eigenvalue weighted by Crippen LogP contribution is -2.40. The van der Waals surface area contributed by atoms with E-state index in [9.17, 15) is 9.59 Å². The van der Waals surface area contributed by atoms with Crippen molar-refractivity contribution in [1.82, 2.24) is 0 Å². The van der Waals surface area contributed by atoms with Crippen molar-refractivity contribution in [2.45, 2.75) is 32.5 Å². The molecule has 0 saturated heterocycles. The Morgan fingerprint density at radius 3 is 2.48 bits per heavy atom. The molecule has 25 heavy (non-hydrogen) atoms. The second kappa shape index (κ2) is 7.38. The normalized spacial score (nSPS) is 16.8. The molecule has 0 fully saturated rings. The van der Waals surface area contributed by atoms with Gasteiger partial charge in [0, 0.05) is 5.56 Å². The van der Waals surface area contributed by atoms with Gasteiger partial charge in [0.2, 0.25) is 11.9 Å². The zero-order chi connectivity index (χ0) is 17.8. The lowest BCUT2D eigenvalue weighted by atomic mass is 10.0. The van der Waals surface area contributed by atoms with E-state index in [2.05, 4.69) is 0 Å². The highest BCUT2D eigenvalue weighted by molar-refractivity contribution is 6.00. The van der Waals surface area contributed by atoms with Crippen LogP contribution in [0.25, 0.3) is 0 Å². The molecule has 0 aliphatic carbocycles. The maximum absolute atomic E-state index is 12.4. The van der Waals surface area contributed by atoms with Crippen molar-refractivity contribution >= 4 is 11.8 Å². The molecule has 1 aliphatic heterocycles. The summed E-state index contributed by atoms with van der Waals surface area (Å²) in [6, 6.07) is 14.4. The van der Waals surface area contributed by atoms with Crippen LogP contribution in [0.15, 0.2) is 48.5 Å². The lowest BCUT2D eigenvalue weighted by molar-refractivity contribution is -0.157. The zero-order valence-corrected chi connectivity index (χ0v) is 14.2. The Morgan fingerprint density at radius 2 is 1.80 bits per heavy atom. The van der Waals surface area contributed by atoms with Gasteiger partial charge in [0.15, 0.2) is 17.6 Å². The van der Waals surface area contributed by atoms with Crippen molar-refractivity contribution in [2.75, 3.05) is 6.61 Å². The van der Waals surface area contributed by atoms with Crippen LogP contribution in [-0.2, 0) is 16.0 Å². The van der Waals surface area contributed by atoms with Crippen LogP contribution in [0, 0.1) is 0 Å². The van der Waals surface area contributed by atoms with Gasteiger partial charge < -0.3 is 14.2 Å². The van der Waals surface area contributed by atoms with E-state index in [-0.39, 0.29) is 12.4 Å². The smallest absolute Gasteiger partial charge is 0.351 e. The lowest BCUT2D eigenvalue weighted by Gasteiger charge is -2.25. The van der Waals surface area contributed by atoms with Crippen molar-refractivity contribution in [3.63, 3.8) is 0 Å². The number of rotatable bonds is 5. The summed E-state index contributed by atoms with van der Waals surface area (Å²) in [6.07, 6.45) is -0.868. The Morgan fingerprint density at radius 1 is 1.12 bits per heavy atom. The molecular formula is C20H20O5. The van der Waals surface area contributed by atoms with E-state index in [1.165, 1.54) is 0 Å². The molecule has 1 aliphatic rings. The van der Waals surface area contributed by atoms with E-state index in [4.69, 9.17) is 14.2 Å². The third kappa shape index (κ3) is 3.82. The number of fused-ring (bicyclic) bond motifs is 1. The molecule has 0 unspecified atom stereocenters. The Hall–Kier alpha value is -2.82. The molecular weight excluding hydrogens is 320 g/mol. The summed E-state index contributed by atoms with van der Waals surface area (Å²) in [5.74, 6) is 0.227. The molecule has 2 aromatic rings. The van der Waals surface area contributed by atoms with Gasteiger partial charge >= 0.3 is 5.97 Å². The first-order valence-electron chi connectivity index (χ1n) is 8.30. The maximum atomic E-state index is 12.4. The van der Waals surface area contributed by atoms with Crippen LogP contribution in [-0.4, -0.2) is 30.6 Å². The predicted octanol–water partition coefficient (Wildman–Crippen LogP) is 3.20. The number of carbonyl (C=O) groups excluding carboxylic acids is 2. The number of para-hydroxylation sites is 2. The zero-order valence-electron chi connectivity index (χ0n) is 14.2. The Bertz CT molecular complexity index is 766. The van der Waals surface area contributed by atoms with Crippen molar-refractivity contribution < 1.29 is 23.8 Å². The molecule has 0 spiro atoms. The predicted molar refractivity (Wildman–Crippen MR) is 92.1 cm³/mol. The van der Waals surface area contributed by atoms with Crippen LogP contribution in [0.4, 0.5) is 0 Å². The highest BCUT2D eigenvalue weighted by Gasteiger charge is 2.31. The Labute approximate surface area is 146 Å². The molecule has 0 amide bonds. The minimum absolute atomic E-state index is 0.0575. The third-order valence-electron chi connectivity index (χ3n) is 4.08. The Balaban J connectivity index is 1.61. The highest BCUT2D eigenvalue weighted by Crippen LogP contribution is 2.31. The van der Waals surface area contributed by atoms with Gasteiger partial charge in [0.05, 0.1) is 0 Å². The first-order chi connectivity index (χ1) is 12.1. The molecule has 0 saturated carbocycles. The number of ether oxygens (including phenoxy) is 3. The summed E-state index contributed by atoms with van der Waals surface area (Å²) >= 11 is 0. The number of Topliss-reactive ketones (excluding diaryl/α,β-unsaturated/α-hetero) is 1. The fourth-order valence-electron chi connectivity index (χ4n) is 2.58. The first-order valence-corrected chi connectivity index (χ1v) is 8.30. The molecule has 2 atom stereocenters. The van der Waals surface area contributed by atoms with Crippen LogP contribution >= 0.6 is 0 Å². The average molecular weight is 340 g/mol. The van der Waals surface area contributed by atoms with Gasteiger partial charge in [-0.25, -0.2) is 4.79 Å². The van der Waals surface area contributed by atoms with Gasteiger partial charge in [-0.3, -0.25) is 4.79 Å². The number of benzene rings is 2. The SMILES string of the molecule is CCc1ccc(C(=O)[C@H](C)OC(=O)[C@@H]2COc3ccccc3O2)cc1. The molecule has 3 rings (SSSR count). The van der Waals surface area contributed by atoms with Crippen molar-refractivity contribution in [1.29, 1.82) is 0 Å². The molecule has 0 bridgehead atoms. The standard InChI is InChI=1S/C20H20O5/c1-3-14-8-10-15(11-9-14)19(21)13(2)24-20(22)18-12-23-16-6-4-5-7-17(16)25-18/h4-11,13,18H,3,12H2,1-2H3/t13-,18-/m0/s1. The van der Waals surface area contributed by atoms with E-state index in [0.717, 1.165) is 12.0 Å². The minimum Gasteiger partial charge on any atom is -0.485 e. The first kappa shape index (κ1) is 17.0. The number of aryl methyl sites for hydroxylation is 1. The molecule has 5 nitrogen and oxygen atoms in total. The number of esters is 1. The summed E-state index contributed by atoms with van der Waals surface area (Å²) in [6.45, 7) is 3.67. The number of carbonyl (C=O) groups is 2. The van der Waals surface area contributed by atoms with Gasteiger partial charge in [0.25, 0.3) is 0 Å².